The van der Waals surface area contributed by atoms with Gasteiger partial charge in [-0.3, -0.25) is 14.5 Å². The molecule has 2 aliphatic rings. The van der Waals surface area contributed by atoms with Crippen molar-refractivity contribution in [1.29, 1.82) is 0 Å². The molecule has 28 heavy (non-hydrogen) atoms. The molecular formula is C23H27N3O2. The molecule has 2 aromatic rings. The first-order valence-electron chi connectivity index (χ1n) is 10.2. The summed E-state index contributed by atoms with van der Waals surface area (Å²) >= 11 is 0. The third-order valence-electron chi connectivity index (χ3n) is 5.71. The maximum Gasteiger partial charge on any atom is 0.251 e. The van der Waals surface area contributed by atoms with Crippen molar-refractivity contribution in [1.82, 2.24) is 10.2 Å². The number of carbonyl (C=O) groups excluding carboxylic acids is 2. The average molecular weight is 377 g/mol. The molecule has 1 fully saturated rings. The van der Waals surface area contributed by atoms with Crippen LogP contribution in [0.2, 0.25) is 0 Å². The Morgan fingerprint density at radius 3 is 2.50 bits per heavy atom. The van der Waals surface area contributed by atoms with Crippen molar-refractivity contribution in [2.45, 2.75) is 38.1 Å². The van der Waals surface area contributed by atoms with Crippen molar-refractivity contribution in [2.24, 2.45) is 0 Å². The molecule has 2 N–H and O–H groups in total. The first kappa shape index (κ1) is 18.7. The summed E-state index contributed by atoms with van der Waals surface area (Å²) in [6, 6.07) is 15.8. The van der Waals surface area contributed by atoms with Crippen LogP contribution in [0.25, 0.3) is 0 Å². The van der Waals surface area contributed by atoms with E-state index >= 15 is 0 Å². The number of anilines is 1. The Labute approximate surface area is 166 Å². The smallest absolute Gasteiger partial charge is 0.251 e. The number of aryl methyl sites for hydroxylation is 2. The number of hydrogen-bond acceptors (Lipinski definition) is 3. The zero-order valence-corrected chi connectivity index (χ0v) is 16.1. The number of amides is 2. The van der Waals surface area contributed by atoms with Gasteiger partial charge in [-0.05, 0) is 67.5 Å². The van der Waals surface area contributed by atoms with Crippen LogP contribution in [0.15, 0.2) is 48.5 Å². The first-order valence-corrected chi connectivity index (χ1v) is 10.2. The summed E-state index contributed by atoms with van der Waals surface area (Å²) in [5, 5.41) is 6.10. The zero-order valence-electron chi connectivity index (χ0n) is 16.1. The molecule has 0 saturated carbocycles. The number of para-hydroxylation sites is 1. The molecule has 146 valence electrons. The van der Waals surface area contributed by atoms with Crippen molar-refractivity contribution in [2.75, 3.05) is 25.0 Å². The van der Waals surface area contributed by atoms with Gasteiger partial charge in [0, 0.05) is 30.4 Å². The molecule has 5 heteroatoms. The van der Waals surface area contributed by atoms with Gasteiger partial charge in [0.2, 0.25) is 5.91 Å². The van der Waals surface area contributed by atoms with Gasteiger partial charge in [-0.15, -0.1) is 0 Å². The Bertz CT molecular complexity index is 842. The van der Waals surface area contributed by atoms with E-state index in [2.05, 4.69) is 27.7 Å². The lowest BCUT2D eigenvalue weighted by molar-refractivity contribution is -0.117. The summed E-state index contributed by atoms with van der Waals surface area (Å²) in [7, 11) is 0. The number of hydrogen-bond donors (Lipinski definition) is 2. The van der Waals surface area contributed by atoms with Gasteiger partial charge in [0.15, 0.2) is 0 Å². The van der Waals surface area contributed by atoms with Crippen LogP contribution in [0, 0.1) is 0 Å². The SMILES string of the molecule is O=C(CN1CCC(NC(=O)c2ccc3c(c2)CCC3)CC1)Nc1ccccc1. The molecule has 5 nitrogen and oxygen atoms in total. The fourth-order valence-electron chi connectivity index (χ4n) is 4.14. The number of nitrogens with one attached hydrogen (secondary N) is 2. The predicted octanol–water partition coefficient (Wildman–Crippen LogP) is 3.01. The van der Waals surface area contributed by atoms with Gasteiger partial charge in [-0.1, -0.05) is 24.3 Å². The van der Waals surface area contributed by atoms with Gasteiger partial charge in [0.05, 0.1) is 6.54 Å². The number of likely N-dealkylation sites (tertiary alicyclic amines) is 1. The zero-order chi connectivity index (χ0) is 19.3. The molecule has 0 spiro atoms. The minimum Gasteiger partial charge on any atom is -0.349 e. The lowest BCUT2D eigenvalue weighted by Crippen LogP contribution is -2.46. The van der Waals surface area contributed by atoms with Crippen LogP contribution in [-0.2, 0) is 17.6 Å². The van der Waals surface area contributed by atoms with E-state index in [4.69, 9.17) is 0 Å². The van der Waals surface area contributed by atoms with Gasteiger partial charge in [-0.25, -0.2) is 0 Å². The van der Waals surface area contributed by atoms with E-state index in [0.29, 0.717) is 6.54 Å². The topological polar surface area (TPSA) is 61.4 Å². The van der Waals surface area contributed by atoms with Crippen molar-refractivity contribution >= 4 is 17.5 Å². The van der Waals surface area contributed by atoms with Gasteiger partial charge in [0.25, 0.3) is 5.91 Å². The summed E-state index contributed by atoms with van der Waals surface area (Å²) in [4.78, 5) is 26.9. The van der Waals surface area contributed by atoms with Crippen LogP contribution in [0.4, 0.5) is 5.69 Å². The Morgan fingerprint density at radius 1 is 0.964 bits per heavy atom. The number of fused-ring (bicyclic) bond motifs is 1. The predicted molar refractivity (Wildman–Crippen MR) is 110 cm³/mol. The van der Waals surface area contributed by atoms with Crippen LogP contribution < -0.4 is 10.6 Å². The summed E-state index contributed by atoms with van der Waals surface area (Å²) in [6.45, 7) is 2.02. The molecular weight excluding hydrogens is 350 g/mol. The third-order valence-corrected chi connectivity index (χ3v) is 5.71. The van der Waals surface area contributed by atoms with Crippen molar-refractivity contribution in [3.63, 3.8) is 0 Å². The van der Waals surface area contributed by atoms with E-state index in [0.717, 1.165) is 50.0 Å². The first-order chi connectivity index (χ1) is 13.7. The molecule has 0 unspecified atom stereocenters. The summed E-state index contributed by atoms with van der Waals surface area (Å²) in [5.74, 6) is 0.0294. The second-order valence-electron chi connectivity index (χ2n) is 7.78. The van der Waals surface area contributed by atoms with E-state index in [1.54, 1.807) is 0 Å². The number of rotatable bonds is 5. The number of carbonyl (C=O) groups is 2. The quantitative estimate of drug-likeness (QED) is 0.842. The molecule has 0 radical (unpaired) electrons. The van der Waals surface area contributed by atoms with Crippen LogP contribution in [0.5, 0.6) is 0 Å². The highest BCUT2D eigenvalue weighted by molar-refractivity contribution is 5.94. The van der Waals surface area contributed by atoms with Gasteiger partial charge >= 0.3 is 0 Å². The molecule has 1 saturated heterocycles. The Balaban J connectivity index is 1.23. The van der Waals surface area contributed by atoms with Gasteiger partial charge in [-0.2, -0.15) is 0 Å². The van der Waals surface area contributed by atoms with Gasteiger partial charge < -0.3 is 10.6 Å². The van der Waals surface area contributed by atoms with E-state index in [9.17, 15) is 9.59 Å². The third kappa shape index (κ3) is 4.60. The van der Waals surface area contributed by atoms with Crippen LogP contribution >= 0.6 is 0 Å². The molecule has 0 aromatic heterocycles. The largest absolute Gasteiger partial charge is 0.349 e. The number of nitrogens with zero attached hydrogens (tertiary/aromatic N) is 1. The van der Waals surface area contributed by atoms with E-state index in [-0.39, 0.29) is 17.9 Å². The number of piperidine rings is 1. The maximum atomic E-state index is 12.6. The Hall–Kier alpha value is -2.66. The molecule has 2 amide bonds. The Kier molecular flexibility index (Phi) is 5.72. The van der Waals surface area contributed by atoms with Crippen LogP contribution in [0.3, 0.4) is 0 Å². The summed E-state index contributed by atoms with van der Waals surface area (Å²) in [5.41, 5.74) is 4.31. The molecule has 0 bridgehead atoms. The fraction of sp³-hybridized carbons (Fsp3) is 0.391. The molecule has 1 heterocycles. The molecule has 0 atom stereocenters. The highest BCUT2D eigenvalue weighted by Gasteiger charge is 2.23. The molecule has 1 aliphatic carbocycles. The minimum absolute atomic E-state index is 0.00632. The summed E-state index contributed by atoms with van der Waals surface area (Å²) in [6.07, 6.45) is 5.15. The van der Waals surface area contributed by atoms with Crippen molar-refractivity contribution in [3.05, 3.63) is 65.2 Å². The average Bonchev–Trinajstić information content (AvgIpc) is 3.18. The van der Waals surface area contributed by atoms with E-state index < -0.39 is 0 Å². The van der Waals surface area contributed by atoms with Gasteiger partial charge in [0.1, 0.15) is 0 Å². The normalized spacial score (nSPS) is 17.1. The van der Waals surface area contributed by atoms with E-state index in [1.807, 2.05) is 36.4 Å². The van der Waals surface area contributed by atoms with Crippen molar-refractivity contribution < 1.29 is 9.59 Å². The Morgan fingerprint density at radius 2 is 1.71 bits per heavy atom. The monoisotopic (exact) mass is 377 g/mol. The maximum absolute atomic E-state index is 12.6. The lowest BCUT2D eigenvalue weighted by atomic mass is 10.0. The van der Waals surface area contributed by atoms with Crippen LogP contribution in [-0.4, -0.2) is 42.4 Å². The summed E-state index contributed by atoms with van der Waals surface area (Å²) < 4.78 is 0. The van der Waals surface area contributed by atoms with E-state index in [1.165, 1.54) is 17.5 Å². The fourth-order valence-corrected chi connectivity index (χ4v) is 4.14. The highest BCUT2D eigenvalue weighted by Crippen LogP contribution is 2.23. The lowest BCUT2D eigenvalue weighted by Gasteiger charge is -2.31. The highest BCUT2D eigenvalue weighted by atomic mass is 16.2. The minimum atomic E-state index is 0.00632. The molecule has 1 aliphatic heterocycles. The van der Waals surface area contributed by atoms with Crippen LogP contribution in [0.1, 0.15) is 40.7 Å². The number of benzene rings is 2. The second-order valence-corrected chi connectivity index (χ2v) is 7.78. The standard InChI is InChI=1S/C23H27N3O2/c27-22(24-20-7-2-1-3-8-20)16-26-13-11-21(12-14-26)25-23(28)19-10-9-17-5-4-6-18(17)15-19/h1-3,7-10,15,21H,4-6,11-14,16H2,(H,24,27)(H,25,28). The van der Waals surface area contributed by atoms with Crippen molar-refractivity contribution in [3.8, 4) is 0 Å². The molecule has 4 rings (SSSR count). The second kappa shape index (κ2) is 8.57. The molecule has 2 aromatic carbocycles.